The van der Waals surface area contributed by atoms with E-state index in [9.17, 15) is 0 Å². The van der Waals surface area contributed by atoms with E-state index < -0.39 is 0 Å². The van der Waals surface area contributed by atoms with Crippen LogP contribution in [-0.2, 0) is 0 Å². The molecular formula is C9H15S. The molecule has 0 bridgehead atoms. The van der Waals surface area contributed by atoms with E-state index in [-0.39, 0.29) is 0 Å². The van der Waals surface area contributed by atoms with Crippen molar-refractivity contribution in [1.82, 2.24) is 0 Å². The third-order valence-corrected chi connectivity index (χ3v) is 2.20. The van der Waals surface area contributed by atoms with E-state index in [2.05, 4.69) is 18.6 Å². The molecule has 0 aliphatic carbocycles. The van der Waals surface area contributed by atoms with E-state index in [1.807, 2.05) is 11.8 Å². The fourth-order valence-corrected chi connectivity index (χ4v) is 1.31. The van der Waals surface area contributed by atoms with Crippen LogP contribution in [-0.4, -0.2) is 5.75 Å². The predicted molar refractivity (Wildman–Crippen MR) is 49.7 cm³/mol. The molecule has 0 aliphatic heterocycles. The Hall–Kier alpha value is -0.0900. The van der Waals surface area contributed by atoms with Crippen molar-refractivity contribution in [3.8, 4) is 12.3 Å². The Bertz CT molecular complexity index is 91.4. The second-order valence-electron chi connectivity index (χ2n) is 2.13. The molecule has 57 valence electrons. The van der Waals surface area contributed by atoms with Crippen LogP contribution >= 0.6 is 11.8 Å². The largest absolute Gasteiger partial charge is 0.157 e. The molecule has 10 heavy (non-hydrogen) atoms. The summed E-state index contributed by atoms with van der Waals surface area (Å²) >= 11 is 1.91. The number of rotatable bonds is 6. The summed E-state index contributed by atoms with van der Waals surface area (Å²) in [5.41, 5.74) is 0. The maximum Gasteiger partial charge on any atom is 0.0166 e. The van der Waals surface area contributed by atoms with Crippen molar-refractivity contribution in [2.45, 2.75) is 32.6 Å². The highest BCUT2D eigenvalue weighted by molar-refractivity contribution is 8.01. The van der Waals surface area contributed by atoms with Crippen LogP contribution in [0, 0.1) is 18.1 Å². The van der Waals surface area contributed by atoms with Gasteiger partial charge in [-0.1, -0.05) is 6.92 Å². The summed E-state index contributed by atoms with van der Waals surface area (Å²) in [6, 6.07) is 0. The molecule has 0 rings (SSSR count). The van der Waals surface area contributed by atoms with Crippen molar-refractivity contribution in [2.75, 3.05) is 5.75 Å². The zero-order valence-corrected chi connectivity index (χ0v) is 7.41. The van der Waals surface area contributed by atoms with Crippen LogP contribution in [0.5, 0.6) is 0 Å². The van der Waals surface area contributed by atoms with Crippen molar-refractivity contribution in [1.29, 1.82) is 0 Å². The Morgan fingerprint density at radius 3 is 3.00 bits per heavy atom. The van der Waals surface area contributed by atoms with Crippen molar-refractivity contribution in [2.24, 2.45) is 0 Å². The van der Waals surface area contributed by atoms with Crippen molar-refractivity contribution in [3.05, 3.63) is 5.75 Å². The van der Waals surface area contributed by atoms with Crippen molar-refractivity contribution < 1.29 is 0 Å². The highest BCUT2D eigenvalue weighted by Gasteiger charge is 1.87. The normalized spacial score (nSPS) is 9.20. The SMILES string of the molecule is C#CCCC[CH]SCCC. The predicted octanol–water partition coefficient (Wildman–Crippen LogP) is 3.09. The molecule has 1 heteroatoms. The molecule has 0 spiro atoms. The van der Waals surface area contributed by atoms with Gasteiger partial charge in [0.25, 0.3) is 0 Å². The molecule has 0 atom stereocenters. The zero-order valence-electron chi connectivity index (χ0n) is 6.60. The molecule has 0 saturated heterocycles. The molecule has 1 radical (unpaired) electrons. The molecule has 0 saturated carbocycles. The van der Waals surface area contributed by atoms with Gasteiger partial charge in [0, 0.05) is 12.2 Å². The summed E-state index contributed by atoms with van der Waals surface area (Å²) in [4.78, 5) is 0. The lowest BCUT2D eigenvalue weighted by Gasteiger charge is -1.95. The first-order chi connectivity index (χ1) is 4.91. The van der Waals surface area contributed by atoms with Gasteiger partial charge in [0.1, 0.15) is 0 Å². The molecule has 0 amide bonds. The third-order valence-electron chi connectivity index (χ3n) is 1.08. The lowest BCUT2D eigenvalue weighted by atomic mass is 10.3. The standard InChI is InChI=1S/C9H15S/c1-3-5-6-7-9-10-8-4-2/h1,9H,4-8H2,2H3. The van der Waals surface area contributed by atoms with E-state index in [4.69, 9.17) is 6.42 Å². The highest BCUT2D eigenvalue weighted by Crippen LogP contribution is 2.11. The Morgan fingerprint density at radius 1 is 1.60 bits per heavy atom. The molecule has 0 N–H and O–H groups in total. The molecule has 0 aromatic rings. The van der Waals surface area contributed by atoms with Crippen LogP contribution in [0.4, 0.5) is 0 Å². The maximum absolute atomic E-state index is 5.10. The van der Waals surface area contributed by atoms with Gasteiger partial charge in [-0.2, -0.15) is 11.8 Å². The Labute approximate surface area is 68.8 Å². The first-order valence-corrected chi connectivity index (χ1v) is 4.83. The number of terminal acetylenes is 1. The van der Waals surface area contributed by atoms with E-state index in [0.29, 0.717) is 0 Å². The number of hydrogen-bond donors (Lipinski definition) is 0. The number of unbranched alkanes of at least 4 members (excludes halogenated alkanes) is 2. The molecule has 0 fully saturated rings. The van der Waals surface area contributed by atoms with E-state index in [0.717, 1.165) is 19.3 Å². The van der Waals surface area contributed by atoms with Crippen molar-refractivity contribution in [3.63, 3.8) is 0 Å². The van der Waals surface area contributed by atoms with E-state index >= 15 is 0 Å². The van der Waals surface area contributed by atoms with Gasteiger partial charge in [-0.3, -0.25) is 0 Å². The fraction of sp³-hybridized carbons (Fsp3) is 0.667. The smallest absolute Gasteiger partial charge is 0.0166 e. The summed E-state index contributed by atoms with van der Waals surface area (Å²) in [5, 5.41) is 0. The Kier molecular flexibility index (Phi) is 8.83. The van der Waals surface area contributed by atoms with Crippen LogP contribution in [0.15, 0.2) is 0 Å². The highest BCUT2D eigenvalue weighted by atomic mass is 32.2. The molecule has 0 aromatic carbocycles. The minimum absolute atomic E-state index is 0.920. The minimum Gasteiger partial charge on any atom is -0.157 e. The zero-order chi connectivity index (χ0) is 7.66. The Morgan fingerprint density at radius 2 is 2.40 bits per heavy atom. The summed E-state index contributed by atoms with van der Waals surface area (Å²) in [6.45, 7) is 2.20. The second kappa shape index (κ2) is 8.91. The monoisotopic (exact) mass is 155 g/mol. The molecular weight excluding hydrogens is 140 g/mol. The van der Waals surface area contributed by atoms with Gasteiger partial charge < -0.3 is 0 Å². The van der Waals surface area contributed by atoms with E-state index in [1.165, 1.54) is 12.2 Å². The van der Waals surface area contributed by atoms with Gasteiger partial charge in [0.2, 0.25) is 0 Å². The van der Waals surface area contributed by atoms with Crippen LogP contribution in [0.1, 0.15) is 32.6 Å². The number of thioether (sulfide) groups is 1. The van der Waals surface area contributed by atoms with Crippen LogP contribution in [0.2, 0.25) is 0 Å². The average Bonchev–Trinajstić information content (AvgIpc) is 1.97. The van der Waals surface area contributed by atoms with Gasteiger partial charge >= 0.3 is 0 Å². The number of hydrogen-bond acceptors (Lipinski definition) is 1. The Balaban J connectivity index is 2.72. The maximum atomic E-state index is 5.10. The lowest BCUT2D eigenvalue weighted by Crippen LogP contribution is -1.76. The fourth-order valence-electron chi connectivity index (χ4n) is 0.572. The van der Waals surface area contributed by atoms with Gasteiger partial charge in [-0.25, -0.2) is 0 Å². The molecule has 0 unspecified atom stereocenters. The summed E-state index contributed by atoms with van der Waals surface area (Å²) in [7, 11) is 0. The second-order valence-corrected chi connectivity index (χ2v) is 3.21. The summed E-state index contributed by atoms with van der Waals surface area (Å²) < 4.78 is 0. The molecule has 0 aliphatic rings. The topological polar surface area (TPSA) is 0 Å². The van der Waals surface area contributed by atoms with Gasteiger partial charge in [-0.05, 0) is 25.0 Å². The first-order valence-electron chi connectivity index (χ1n) is 3.78. The third kappa shape index (κ3) is 7.91. The van der Waals surface area contributed by atoms with E-state index in [1.54, 1.807) is 0 Å². The van der Waals surface area contributed by atoms with Crippen LogP contribution in [0.3, 0.4) is 0 Å². The van der Waals surface area contributed by atoms with Gasteiger partial charge in [0.05, 0.1) is 0 Å². The quantitative estimate of drug-likeness (QED) is 0.419. The van der Waals surface area contributed by atoms with Gasteiger partial charge in [0.15, 0.2) is 0 Å². The lowest BCUT2D eigenvalue weighted by molar-refractivity contribution is 0.874. The van der Waals surface area contributed by atoms with Crippen LogP contribution < -0.4 is 0 Å². The summed E-state index contributed by atoms with van der Waals surface area (Å²) in [6.07, 6.45) is 9.59. The first kappa shape index (κ1) is 9.91. The average molecular weight is 155 g/mol. The molecule has 0 heterocycles. The molecule has 0 aromatic heterocycles. The minimum atomic E-state index is 0.920. The summed E-state index contributed by atoms with van der Waals surface area (Å²) in [5.74, 6) is 6.14. The van der Waals surface area contributed by atoms with Crippen LogP contribution in [0.25, 0.3) is 0 Å². The van der Waals surface area contributed by atoms with Crippen molar-refractivity contribution >= 4 is 11.8 Å². The van der Waals surface area contributed by atoms with Gasteiger partial charge in [-0.15, -0.1) is 12.3 Å². The molecule has 0 nitrogen and oxygen atoms in total.